The average Bonchev–Trinajstić information content (AvgIpc) is 0.824. The first-order valence-electron chi connectivity index (χ1n) is 39.2. The van der Waals surface area contributed by atoms with Gasteiger partial charge in [0.1, 0.15) is 28.5 Å². The van der Waals surface area contributed by atoms with Crippen molar-refractivity contribution in [3.63, 3.8) is 0 Å². The fraction of sp³-hybridized carbons (Fsp3) is 0.929. The Balaban J connectivity index is -0.000000532. The summed E-state index contributed by atoms with van der Waals surface area (Å²) >= 11 is 0. The van der Waals surface area contributed by atoms with Crippen LogP contribution in [0, 0.1) is 62.1 Å². The Kier molecular flexibility index (Phi) is 48.7. The van der Waals surface area contributed by atoms with Crippen molar-refractivity contribution in [2.45, 2.75) is 437 Å². The van der Waals surface area contributed by atoms with Gasteiger partial charge in [0, 0.05) is 0 Å². The van der Waals surface area contributed by atoms with Gasteiger partial charge >= 0.3 is 35.8 Å². The summed E-state index contributed by atoms with van der Waals surface area (Å²) in [6.45, 7) is 69.7. The topological polar surface area (TPSA) is 158 Å². The van der Waals surface area contributed by atoms with Gasteiger partial charge in [-0.25, -0.2) is 0 Å². The van der Waals surface area contributed by atoms with Gasteiger partial charge in [-0.2, -0.15) is 0 Å². The lowest BCUT2D eigenvalue weighted by molar-refractivity contribution is -0.180. The Morgan fingerprint density at radius 2 is 0.802 bits per heavy atom. The summed E-state index contributed by atoms with van der Waals surface area (Å²) in [6.07, 6.45) is 28.9. The van der Waals surface area contributed by atoms with Crippen molar-refractivity contribution >= 4 is 35.8 Å². The summed E-state index contributed by atoms with van der Waals surface area (Å²) in [5.41, 5.74) is -3.13. The molecular formula is C84H164O12. The van der Waals surface area contributed by atoms with Crippen molar-refractivity contribution in [2.75, 3.05) is 6.61 Å². The monoisotopic (exact) mass is 1370 g/mol. The largest absolute Gasteiger partial charge is 0.465 e. The van der Waals surface area contributed by atoms with Crippen molar-refractivity contribution in [1.29, 1.82) is 0 Å². The highest BCUT2D eigenvalue weighted by atomic mass is 16.6. The van der Waals surface area contributed by atoms with Crippen LogP contribution in [0.1, 0.15) is 409 Å². The van der Waals surface area contributed by atoms with E-state index < -0.39 is 0 Å². The van der Waals surface area contributed by atoms with Gasteiger partial charge in [0.05, 0.1) is 39.1 Å². The SMILES string of the molecule is CCC(C)(C)C(=O)OC(C(C)C)C(C)C.CCC(C)(C)C(=O)OC(C)(C)C.CCC(C)(C)C(=O)OC(CC)(CC)C1CCCCC1.CCC(C)(CCCC(C)C)OC(=O)C(C)(C)CC.CCC1(OC(=O)C(C)(C)CC)CCCCC1.CCCCC(CC)COC(=O)C(C)(C)CC. The molecule has 0 aromatic rings. The third kappa shape index (κ3) is 39.1. The quantitative estimate of drug-likeness (QED) is 0.0453. The molecule has 2 saturated carbocycles. The van der Waals surface area contributed by atoms with Crippen LogP contribution in [0.25, 0.3) is 0 Å². The molecule has 0 radical (unpaired) electrons. The van der Waals surface area contributed by atoms with E-state index in [-0.39, 0.29) is 96.8 Å². The highest BCUT2D eigenvalue weighted by molar-refractivity contribution is 5.78. The van der Waals surface area contributed by atoms with Gasteiger partial charge in [0.25, 0.3) is 0 Å². The minimum atomic E-state index is -0.372. The molecule has 0 aromatic carbocycles. The van der Waals surface area contributed by atoms with Crippen molar-refractivity contribution in [3.05, 3.63) is 0 Å². The number of hydrogen-bond donors (Lipinski definition) is 0. The average molecular weight is 1370 g/mol. The molecule has 0 heterocycles. The Labute approximate surface area is 596 Å². The lowest BCUT2D eigenvalue weighted by Crippen LogP contribution is -2.45. The zero-order valence-corrected chi connectivity index (χ0v) is 70.2. The minimum absolute atomic E-state index is 0.00993. The van der Waals surface area contributed by atoms with Crippen LogP contribution in [0.3, 0.4) is 0 Å². The van der Waals surface area contributed by atoms with Crippen molar-refractivity contribution < 1.29 is 57.2 Å². The van der Waals surface area contributed by atoms with E-state index in [0.29, 0.717) is 36.2 Å². The molecule has 2 atom stereocenters. The molecule has 2 fully saturated rings. The highest BCUT2D eigenvalue weighted by Crippen LogP contribution is 2.42. The molecule has 0 aliphatic heterocycles. The fourth-order valence-corrected chi connectivity index (χ4v) is 10.5. The van der Waals surface area contributed by atoms with E-state index in [9.17, 15) is 28.8 Å². The van der Waals surface area contributed by atoms with Gasteiger partial charge in [-0.3, -0.25) is 28.8 Å². The van der Waals surface area contributed by atoms with Gasteiger partial charge in [-0.1, -0.05) is 176 Å². The molecule has 12 heteroatoms. The predicted octanol–water partition coefficient (Wildman–Crippen LogP) is 24.7. The van der Waals surface area contributed by atoms with Crippen LogP contribution in [0.5, 0.6) is 0 Å². The van der Waals surface area contributed by atoms with E-state index in [0.717, 1.165) is 96.3 Å². The zero-order valence-electron chi connectivity index (χ0n) is 70.2. The molecule has 0 spiro atoms. The predicted molar refractivity (Wildman–Crippen MR) is 406 cm³/mol. The Morgan fingerprint density at radius 3 is 1.16 bits per heavy atom. The molecule has 2 unspecified atom stereocenters. The first-order valence-corrected chi connectivity index (χ1v) is 39.2. The van der Waals surface area contributed by atoms with E-state index in [4.69, 9.17) is 28.4 Å². The van der Waals surface area contributed by atoms with Crippen LogP contribution in [0.15, 0.2) is 0 Å². The summed E-state index contributed by atoms with van der Waals surface area (Å²) in [7, 11) is 0. The van der Waals surface area contributed by atoms with Crippen LogP contribution < -0.4 is 0 Å². The second-order valence-corrected chi connectivity index (χ2v) is 34.8. The first kappa shape index (κ1) is 99.2. The lowest BCUT2D eigenvalue weighted by atomic mass is 9.73. The Hall–Kier alpha value is -3.18. The molecule has 0 saturated heterocycles. The number of ether oxygens (including phenoxy) is 6. The van der Waals surface area contributed by atoms with E-state index in [1.165, 1.54) is 77.0 Å². The normalized spacial score (nSPS) is 15.8. The molecule has 2 aliphatic carbocycles. The smallest absolute Gasteiger partial charge is 0.312 e. The van der Waals surface area contributed by atoms with E-state index in [1.807, 2.05) is 138 Å². The standard InChI is InChI=1S/C17H32O2.C16H32O2.C14H26O2.C14H28O2.C13H26O2.C10H20O2/c1-6-16(4,5)15(18)19-17(7-2,8-3)14-12-10-9-11-13-14;1-8-15(5,6)14(17)18-16(7,9-2)12-10-11-13(3)4;1-5-13(3,4)12(15)16-14(6-2)10-8-7-9-11-14;1-6-9-10-12(7-2)11-16-13(15)14(4,5)8-3;1-8-13(6,7)12(14)15-11(9(2)3)10(4)5;1-7-10(5,6)8(11)12-9(2,3)4/h14H,6-13H2,1-5H3;13H,8-12H2,1-7H3;5-11H2,1-4H3;12H,6-11H2,1-5H3;9-11H,8H2,1-7H3;7H2,1-6H3. The molecule has 2 rings (SSSR count). The number of rotatable bonds is 33. The molecule has 0 aromatic heterocycles. The first-order chi connectivity index (χ1) is 43.9. The maximum absolute atomic E-state index is 12.4. The van der Waals surface area contributed by atoms with Crippen LogP contribution in [0.4, 0.5) is 0 Å². The molecular weight excluding hydrogens is 1200 g/mol. The number of carbonyl (C=O) groups is 6. The van der Waals surface area contributed by atoms with E-state index in [2.05, 4.69) is 96.9 Å². The van der Waals surface area contributed by atoms with Gasteiger partial charge in [0.15, 0.2) is 0 Å². The maximum Gasteiger partial charge on any atom is 0.312 e. The summed E-state index contributed by atoms with van der Waals surface area (Å²) in [6, 6.07) is 0. The Bertz CT molecular complexity index is 2090. The summed E-state index contributed by atoms with van der Waals surface area (Å²) in [5, 5.41) is 0. The van der Waals surface area contributed by atoms with Crippen LogP contribution in [-0.2, 0) is 57.2 Å². The van der Waals surface area contributed by atoms with Crippen LogP contribution in [0.2, 0.25) is 0 Å². The summed E-state index contributed by atoms with van der Waals surface area (Å²) in [5.74, 6) is 2.25. The molecule has 572 valence electrons. The fourth-order valence-electron chi connectivity index (χ4n) is 10.5. The summed E-state index contributed by atoms with van der Waals surface area (Å²) in [4.78, 5) is 71.9. The second kappa shape index (κ2) is 47.1. The molecule has 0 N–H and O–H groups in total. The third-order valence-electron chi connectivity index (χ3n) is 21.7. The number of hydrogen-bond acceptors (Lipinski definition) is 12. The van der Waals surface area contributed by atoms with E-state index >= 15 is 0 Å². The van der Waals surface area contributed by atoms with Crippen molar-refractivity contribution in [2.24, 2.45) is 62.1 Å². The number of unbranched alkanes of at least 4 members (excludes halogenated alkanes) is 1. The number of carbonyl (C=O) groups excluding carboxylic acids is 6. The molecule has 96 heavy (non-hydrogen) atoms. The molecule has 12 nitrogen and oxygen atoms in total. The second-order valence-electron chi connectivity index (χ2n) is 34.8. The van der Waals surface area contributed by atoms with Crippen LogP contribution in [-0.4, -0.2) is 70.9 Å². The van der Waals surface area contributed by atoms with Gasteiger partial charge < -0.3 is 28.4 Å². The van der Waals surface area contributed by atoms with Crippen LogP contribution >= 0.6 is 0 Å². The van der Waals surface area contributed by atoms with Crippen molar-refractivity contribution in [1.82, 2.24) is 0 Å². The molecule has 0 amide bonds. The third-order valence-corrected chi connectivity index (χ3v) is 21.7. The molecule has 2 aliphatic rings. The maximum atomic E-state index is 12.4. The minimum Gasteiger partial charge on any atom is -0.465 e. The highest BCUT2D eigenvalue weighted by Gasteiger charge is 2.43. The lowest BCUT2D eigenvalue weighted by Gasteiger charge is -2.42. The van der Waals surface area contributed by atoms with Gasteiger partial charge in [-0.05, 0) is 262 Å². The van der Waals surface area contributed by atoms with Gasteiger partial charge in [-0.15, -0.1) is 0 Å². The van der Waals surface area contributed by atoms with Gasteiger partial charge in [0.2, 0.25) is 0 Å². The number of esters is 6. The summed E-state index contributed by atoms with van der Waals surface area (Å²) < 4.78 is 34.0. The Morgan fingerprint density at radius 1 is 0.417 bits per heavy atom. The van der Waals surface area contributed by atoms with E-state index in [1.54, 1.807) is 0 Å². The zero-order chi connectivity index (χ0) is 76.0. The van der Waals surface area contributed by atoms with Crippen molar-refractivity contribution in [3.8, 4) is 0 Å². The molecule has 0 bridgehead atoms.